The minimum atomic E-state index is -0.147. The fraction of sp³-hybridized carbons (Fsp3) is 0.632. The van der Waals surface area contributed by atoms with E-state index in [1.807, 2.05) is 31.1 Å². The first kappa shape index (κ1) is 22.2. The van der Waals surface area contributed by atoms with E-state index < -0.39 is 0 Å². The van der Waals surface area contributed by atoms with Crippen molar-refractivity contribution in [3.8, 4) is 0 Å². The SMILES string of the molecule is CN=C(NCc1ccc(F)c(CN(C)C)c1)NC1CCC(C)CC1.I. The molecule has 0 saturated heterocycles. The van der Waals surface area contributed by atoms with Gasteiger partial charge in [-0.25, -0.2) is 4.39 Å². The molecule has 4 nitrogen and oxygen atoms in total. The van der Waals surface area contributed by atoms with E-state index in [9.17, 15) is 4.39 Å². The highest BCUT2D eigenvalue weighted by Crippen LogP contribution is 2.23. The molecule has 2 rings (SSSR count). The van der Waals surface area contributed by atoms with Crippen molar-refractivity contribution in [2.24, 2.45) is 10.9 Å². The number of halogens is 2. The number of nitrogens with zero attached hydrogens (tertiary/aromatic N) is 2. The first-order valence-corrected chi connectivity index (χ1v) is 8.87. The zero-order valence-corrected chi connectivity index (χ0v) is 18.1. The Kier molecular flexibility index (Phi) is 9.71. The molecular formula is C19H32FIN4. The highest BCUT2D eigenvalue weighted by molar-refractivity contribution is 14.0. The van der Waals surface area contributed by atoms with Gasteiger partial charge in [-0.15, -0.1) is 24.0 Å². The van der Waals surface area contributed by atoms with Gasteiger partial charge in [0, 0.05) is 31.7 Å². The van der Waals surface area contributed by atoms with E-state index in [1.165, 1.54) is 25.7 Å². The van der Waals surface area contributed by atoms with E-state index in [-0.39, 0.29) is 29.8 Å². The third kappa shape index (κ3) is 7.48. The second-order valence-electron chi connectivity index (χ2n) is 7.19. The molecular weight excluding hydrogens is 430 g/mol. The average Bonchev–Trinajstić information content (AvgIpc) is 2.55. The summed E-state index contributed by atoms with van der Waals surface area (Å²) in [5.74, 6) is 1.52. The van der Waals surface area contributed by atoms with Crippen LogP contribution in [0.1, 0.15) is 43.7 Å². The van der Waals surface area contributed by atoms with Gasteiger partial charge in [0.15, 0.2) is 5.96 Å². The Labute approximate surface area is 168 Å². The van der Waals surface area contributed by atoms with Crippen LogP contribution < -0.4 is 10.6 Å². The van der Waals surface area contributed by atoms with Gasteiger partial charge in [0.1, 0.15) is 5.82 Å². The van der Waals surface area contributed by atoms with Gasteiger partial charge in [-0.2, -0.15) is 0 Å². The highest BCUT2D eigenvalue weighted by atomic mass is 127. The minimum Gasteiger partial charge on any atom is -0.354 e. The van der Waals surface area contributed by atoms with E-state index >= 15 is 0 Å². The van der Waals surface area contributed by atoms with E-state index in [2.05, 4.69) is 22.5 Å². The molecule has 1 aromatic rings. The van der Waals surface area contributed by atoms with E-state index in [4.69, 9.17) is 0 Å². The molecule has 1 aliphatic rings. The Balaban J connectivity index is 0.00000312. The Bertz CT molecular complexity index is 554. The summed E-state index contributed by atoms with van der Waals surface area (Å²) in [4.78, 5) is 6.29. The first-order valence-electron chi connectivity index (χ1n) is 8.87. The Morgan fingerprint density at radius 3 is 2.52 bits per heavy atom. The van der Waals surface area contributed by atoms with Crippen molar-refractivity contribution in [2.75, 3.05) is 21.1 Å². The summed E-state index contributed by atoms with van der Waals surface area (Å²) in [6.45, 7) is 3.57. The van der Waals surface area contributed by atoms with Crippen LogP contribution in [0.4, 0.5) is 4.39 Å². The normalized spacial score (nSPS) is 21.0. The molecule has 1 fully saturated rings. The van der Waals surface area contributed by atoms with Gasteiger partial charge < -0.3 is 15.5 Å². The lowest BCUT2D eigenvalue weighted by atomic mass is 9.87. The molecule has 0 aliphatic heterocycles. The number of aliphatic imine (C=N–C) groups is 1. The van der Waals surface area contributed by atoms with Gasteiger partial charge in [0.2, 0.25) is 0 Å². The summed E-state index contributed by atoms with van der Waals surface area (Å²) >= 11 is 0. The van der Waals surface area contributed by atoms with Crippen LogP contribution in [0.15, 0.2) is 23.2 Å². The van der Waals surface area contributed by atoms with Crippen LogP contribution in [0.25, 0.3) is 0 Å². The molecule has 0 bridgehead atoms. The summed E-state index contributed by atoms with van der Waals surface area (Å²) in [6.07, 6.45) is 4.96. The van der Waals surface area contributed by atoms with Crippen molar-refractivity contribution in [1.29, 1.82) is 0 Å². The fourth-order valence-electron chi connectivity index (χ4n) is 3.18. The molecule has 0 amide bonds. The molecule has 0 heterocycles. The second-order valence-corrected chi connectivity index (χ2v) is 7.19. The number of benzene rings is 1. The third-order valence-corrected chi connectivity index (χ3v) is 4.64. The van der Waals surface area contributed by atoms with Crippen molar-refractivity contribution in [3.63, 3.8) is 0 Å². The summed E-state index contributed by atoms with van der Waals surface area (Å²) in [5.41, 5.74) is 1.79. The summed E-state index contributed by atoms with van der Waals surface area (Å²) in [6, 6.07) is 5.81. The zero-order chi connectivity index (χ0) is 17.5. The molecule has 0 spiro atoms. The van der Waals surface area contributed by atoms with E-state index in [1.54, 1.807) is 13.1 Å². The molecule has 2 N–H and O–H groups in total. The molecule has 0 unspecified atom stereocenters. The molecule has 0 aromatic heterocycles. The van der Waals surface area contributed by atoms with Gasteiger partial charge in [-0.3, -0.25) is 4.99 Å². The number of guanidine groups is 1. The molecule has 1 aliphatic carbocycles. The van der Waals surface area contributed by atoms with Crippen LogP contribution in [0.5, 0.6) is 0 Å². The van der Waals surface area contributed by atoms with Crippen LogP contribution in [-0.4, -0.2) is 38.0 Å². The minimum absolute atomic E-state index is 0. The smallest absolute Gasteiger partial charge is 0.191 e. The Morgan fingerprint density at radius 2 is 1.92 bits per heavy atom. The Morgan fingerprint density at radius 1 is 1.24 bits per heavy atom. The van der Waals surface area contributed by atoms with Crippen molar-refractivity contribution in [1.82, 2.24) is 15.5 Å². The lowest BCUT2D eigenvalue weighted by Gasteiger charge is -2.28. The van der Waals surface area contributed by atoms with E-state index in [0.717, 1.165) is 23.0 Å². The summed E-state index contributed by atoms with van der Waals surface area (Å²) in [7, 11) is 5.69. The lowest BCUT2D eigenvalue weighted by Crippen LogP contribution is -2.44. The van der Waals surface area contributed by atoms with Gasteiger partial charge in [-0.1, -0.05) is 13.0 Å². The monoisotopic (exact) mass is 462 g/mol. The van der Waals surface area contributed by atoms with E-state index in [0.29, 0.717) is 19.1 Å². The Hall–Kier alpha value is -0.890. The van der Waals surface area contributed by atoms with Crippen molar-refractivity contribution in [2.45, 2.75) is 51.7 Å². The van der Waals surface area contributed by atoms with Crippen molar-refractivity contribution >= 4 is 29.9 Å². The maximum Gasteiger partial charge on any atom is 0.191 e. The third-order valence-electron chi connectivity index (χ3n) is 4.64. The van der Waals surface area contributed by atoms with Gasteiger partial charge >= 0.3 is 0 Å². The van der Waals surface area contributed by atoms with Gasteiger partial charge in [0.25, 0.3) is 0 Å². The number of nitrogens with one attached hydrogen (secondary N) is 2. The van der Waals surface area contributed by atoms with Crippen LogP contribution in [0.2, 0.25) is 0 Å². The number of hydrogen-bond acceptors (Lipinski definition) is 2. The maximum absolute atomic E-state index is 13.9. The zero-order valence-electron chi connectivity index (χ0n) is 15.8. The molecule has 1 aromatic carbocycles. The summed E-state index contributed by atoms with van der Waals surface area (Å²) < 4.78 is 13.9. The molecule has 142 valence electrons. The predicted molar refractivity (Wildman–Crippen MR) is 114 cm³/mol. The molecule has 25 heavy (non-hydrogen) atoms. The standard InChI is InChI=1S/C19H31FN4.HI/c1-14-5-8-17(9-6-14)23-19(21-2)22-12-15-7-10-18(20)16(11-15)13-24(3)4;/h7,10-11,14,17H,5-6,8-9,12-13H2,1-4H3,(H2,21,22,23);1H. The molecule has 1 saturated carbocycles. The molecule has 0 radical (unpaired) electrons. The number of hydrogen-bond donors (Lipinski definition) is 2. The largest absolute Gasteiger partial charge is 0.354 e. The first-order chi connectivity index (χ1) is 11.5. The topological polar surface area (TPSA) is 39.7 Å². The summed E-state index contributed by atoms with van der Waals surface area (Å²) in [5, 5.41) is 6.86. The van der Waals surface area contributed by atoms with Crippen molar-refractivity contribution in [3.05, 3.63) is 35.1 Å². The lowest BCUT2D eigenvalue weighted by molar-refractivity contribution is 0.329. The predicted octanol–water partition coefficient (Wildman–Crippen LogP) is 3.75. The second kappa shape index (κ2) is 11.0. The van der Waals surface area contributed by atoms with Crippen LogP contribution >= 0.6 is 24.0 Å². The molecule has 0 atom stereocenters. The maximum atomic E-state index is 13.9. The van der Waals surface area contributed by atoms with Crippen molar-refractivity contribution < 1.29 is 4.39 Å². The fourth-order valence-corrected chi connectivity index (χ4v) is 3.18. The number of rotatable bonds is 5. The highest BCUT2D eigenvalue weighted by Gasteiger charge is 2.18. The molecule has 6 heteroatoms. The average molecular weight is 462 g/mol. The van der Waals surface area contributed by atoms with Crippen LogP contribution in [0.3, 0.4) is 0 Å². The van der Waals surface area contributed by atoms with Gasteiger partial charge in [-0.05, 0) is 63.4 Å². The quantitative estimate of drug-likeness (QED) is 0.398. The van der Waals surface area contributed by atoms with Gasteiger partial charge in [0.05, 0.1) is 0 Å². The van der Waals surface area contributed by atoms with Crippen LogP contribution in [0, 0.1) is 11.7 Å². The van der Waals surface area contributed by atoms with Crippen LogP contribution in [-0.2, 0) is 13.1 Å².